The standard InChI is InChI=1S/C11H23NO2/c1-5-10(3)7-12-8-11(6-2,14-10)9-13-4/h12H,5-9H2,1-4H3. The van der Waals surface area contributed by atoms with Crippen LogP contribution in [0.25, 0.3) is 0 Å². The van der Waals surface area contributed by atoms with Crippen LogP contribution in [0.15, 0.2) is 0 Å². The van der Waals surface area contributed by atoms with E-state index in [4.69, 9.17) is 9.47 Å². The Morgan fingerprint density at radius 3 is 2.50 bits per heavy atom. The summed E-state index contributed by atoms with van der Waals surface area (Å²) in [6.45, 7) is 9.00. The summed E-state index contributed by atoms with van der Waals surface area (Å²) in [5, 5.41) is 3.45. The molecule has 0 bridgehead atoms. The third-order valence-corrected chi connectivity index (χ3v) is 3.21. The van der Waals surface area contributed by atoms with E-state index < -0.39 is 0 Å². The molecule has 1 fully saturated rings. The van der Waals surface area contributed by atoms with Crippen molar-refractivity contribution in [1.82, 2.24) is 5.32 Å². The quantitative estimate of drug-likeness (QED) is 0.749. The molecule has 1 aliphatic rings. The first-order valence-corrected chi connectivity index (χ1v) is 5.49. The molecule has 3 nitrogen and oxygen atoms in total. The van der Waals surface area contributed by atoms with E-state index >= 15 is 0 Å². The molecule has 2 atom stereocenters. The van der Waals surface area contributed by atoms with Gasteiger partial charge in [-0.2, -0.15) is 0 Å². The van der Waals surface area contributed by atoms with Crippen LogP contribution < -0.4 is 5.32 Å². The van der Waals surface area contributed by atoms with Gasteiger partial charge < -0.3 is 14.8 Å². The Hall–Kier alpha value is -0.120. The third-order valence-electron chi connectivity index (χ3n) is 3.21. The van der Waals surface area contributed by atoms with E-state index in [1.54, 1.807) is 7.11 Å². The van der Waals surface area contributed by atoms with Crippen molar-refractivity contribution in [2.24, 2.45) is 0 Å². The van der Waals surface area contributed by atoms with E-state index in [2.05, 4.69) is 26.1 Å². The second kappa shape index (κ2) is 4.60. The van der Waals surface area contributed by atoms with Gasteiger partial charge in [-0.05, 0) is 19.8 Å². The van der Waals surface area contributed by atoms with Gasteiger partial charge in [-0.1, -0.05) is 13.8 Å². The van der Waals surface area contributed by atoms with Crippen LogP contribution in [0.3, 0.4) is 0 Å². The monoisotopic (exact) mass is 201 g/mol. The smallest absolute Gasteiger partial charge is 0.104 e. The molecule has 3 heteroatoms. The fourth-order valence-electron chi connectivity index (χ4n) is 1.99. The zero-order valence-corrected chi connectivity index (χ0v) is 9.85. The molecule has 0 amide bonds. The fraction of sp³-hybridized carbons (Fsp3) is 1.00. The van der Waals surface area contributed by atoms with Crippen LogP contribution in [0, 0.1) is 0 Å². The number of morpholine rings is 1. The summed E-state index contributed by atoms with van der Waals surface area (Å²) in [6, 6.07) is 0. The molecule has 0 aromatic rings. The maximum atomic E-state index is 6.21. The van der Waals surface area contributed by atoms with Gasteiger partial charge in [0, 0.05) is 20.2 Å². The Morgan fingerprint density at radius 1 is 1.29 bits per heavy atom. The molecule has 0 radical (unpaired) electrons. The highest BCUT2D eigenvalue weighted by molar-refractivity contribution is 4.93. The van der Waals surface area contributed by atoms with E-state index in [0.717, 1.165) is 25.9 Å². The third kappa shape index (κ3) is 2.47. The Bertz CT molecular complexity index is 182. The number of methoxy groups -OCH3 is 1. The predicted octanol–water partition coefficient (Wildman–Crippen LogP) is 1.57. The van der Waals surface area contributed by atoms with E-state index in [9.17, 15) is 0 Å². The molecule has 0 aliphatic carbocycles. The molecule has 0 aromatic heterocycles. The number of hydrogen-bond acceptors (Lipinski definition) is 3. The lowest BCUT2D eigenvalue weighted by Crippen LogP contribution is -2.60. The van der Waals surface area contributed by atoms with Crippen molar-refractivity contribution in [3.63, 3.8) is 0 Å². The lowest BCUT2D eigenvalue weighted by atomic mass is 9.93. The highest BCUT2D eigenvalue weighted by Crippen LogP contribution is 2.29. The van der Waals surface area contributed by atoms with Crippen LogP contribution >= 0.6 is 0 Å². The second-order valence-electron chi connectivity index (χ2n) is 4.48. The zero-order valence-electron chi connectivity index (χ0n) is 9.85. The lowest BCUT2D eigenvalue weighted by Gasteiger charge is -2.46. The zero-order chi connectivity index (χ0) is 10.7. The van der Waals surface area contributed by atoms with Gasteiger partial charge in [0.2, 0.25) is 0 Å². The van der Waals surface area contributed by atoms with Gasteiger partial charge in [-0.15, -0.1) is 0 Å². The van der Waals surface area contributed by atoms with Crippen LogP contribution in [0.1, 0.15) is 33.6 Å². The van der Waals surface area contributed by atoms with Gasteiger partial charge in [0.1, 0.15) is 5.60 Å². The Labute approximate surface area is 87.2 Å². The maximum absolute atomic E-state index is 6.21. The minimum Gasteiger partial charge on any atom is -0.382 e. The molecule has 1 aliphatic heterocycles. The van der Waals surface area contributed by atoms with Crippen molar-refractivity contribution in [1.29, 1.82) is 0 Å². The van der Waals surface area contributed by atoms with Crippen molar-refractivity contribution < 1.29 is 9.47 Å². The maximum Gasteiger partial charge on any atom is 0.104 e. The summed E-state index contributed by atoms with van der Waals surface area (Å²) >= 11 is 0. The molecular formula is C11H23NO2. The number of ether oxygens (including phenoxy) is 2. The molecule has 14 heavy (non-hydrogen) atoms. The normalized spacial score (nSPS) is 38.6. The SMILES string of the molecule is CCC1(C)CNCC(CC)(COC)O1. The molecule has 84 valence electrons. The average Bonchev–Trinajstić information content (AvgIpc) is 2.18. The van der Waals surface area contributed by atoms with Crippen LogP contribution in [0.2, 0.25) is 0 Å². The number of nitrogens with one attached hydrogen (secondary N) is 1. The van der Waals surface area contributed by atoms with Gasteiger partial charge in [-0.3, -0.25) is 0 Å². The first-order valence-electron chi connectivity index (χ1n) is 5.49. The van der Waals surface area contributed by atoms with Crippen LogP contribution in [-0.2, 0) is 9.47 Å². The van der Waals surface area contributed by atoms with Crippen molar-refractivity contribution in [2.45, 2.75) is 44.8 Å². The molecule has 1 saturated heterocycles. The molecular weight excluding hydrogens is 178 g/mol. The second-order valence-corrected chi connectivity index (χ2v) is 4.48. The molecule has 1 heterocycles. The fourth-order valence-corrected chi connectivity index (χ4v) is 1.99. The number of rotatable bonds is 4. The topological polar surface area (TPSA) is 30.5 Å². The van der Waals surface area contributed by atoms with Gasteiger partial charge in [0.05, 0.1) is 12.2 Å². The first kappa shape index (κ1) is 12.0. The minimum atomic E-state index is -0.127. The van der Waals surface area contributed by atoms with E-state index in [0.29, 0.717) is 6.61 Å². The van der Waals surface area contributed by atoms with E-state index in [1.165, 1.54) is 0 Å². The predicted molar refractivity (Wildman–Crippen MR) is 57.5 cm³/mol. The summed E-state index contributed by atoms with van der Waals surface area (Å²) in [6.07, 6.45) is 2.02. The molecule has 0 aromatic carbocycles. The van der Waals surface area contributed by atoms with Crippen molar-refractivity contribution in [3.05, 3.63) is 0 Å². The largest absolute Gasteiger partial charge is 0.382 e. The minimum absolute atomic E-state index is 0.0349. The van der Waals surface area contributed by atoms with Gasteiger partial charge >= 0.3 is 0 Å². The van der Waals surface area contributed by atoms with Crippen molar-refractivity contribution >= 4 is 0 Å². The summed E-state index contributed by atoms with van der Waals surface area (Å²) in [5.74, 6) is 0. The first-order chi connectivity index (χ1) is 6.60. The van der Waals surface area contributed by atoms with Crippen LogP contribution in [0.5, 0.6) is 0 Å². The summed E-state index contributed by atoms with van der Waals surface area (Å²) in [4.78, 5) is 0. The molecule has 1 N–H and O–H groups in total. The molecule has 0 saturated carbocycles. The Balaban J connectivity index is 2.68. The van der Waals surface area contributed by atoms with Gasteiger partial charge in [-0.25, -0.2) is 0 Å². The van der Waals surface area contributed by atoms with E-state index in [1.807, 2.05) is 0 Å². The van der Waals surface area contributed by atoms with Crippen molar-refractivity contribution in [3.8, 4) is 0 Å². The van der Waals surface area contributed by atoms with Crippen LogP contribution in [0.4, 0.5) is 0 Å². The highest BCUT2D eigenvalue weighted by Gasteiger charge is 2.41. The summed E-state index contributed by atoms with van der Waals surface area (Å²) in [5.41, 5.74) is -0.162. The summed E-state index contributed by atoms with van der Waals surface area (Å²) < 4.78 is 11.5. The van der Waals surface area contributed by atoms with Crippen molar-refractivity contribution in [2.75, 3.05) is 26.8 Å². The molecule has 0 spiro atoms. The highest BCUT2D eigenvalue weighted by atomic mass is 16.6. The lowest BCUT2D eigenvalue weighted by molar-refractivity contribution is -0.192. The molecule has 2 unspecified atom stereocenters. The Kier molecular flexibility index (Phi) is 3.93. The van der Waals surface area contributed by atoms with Gasteiger partial charge in [0.15, 0.2) is 0 Å². The van der Waals surface area contributed by atoms with E-state index in [-0.39, 0.29) is 11.2 Å². The van der Waals surface area contributed by atoms with Crippen LogP contribution in [-0.4, -0.2) is 38.0 Å². The Morgan fingerprint density at radius 2 is 2.00 bits per heavy atom. The van der Waals surface area contributed by atoms with Gasteiger partial charge in [0.25, 0.3) is 0 Å². The average molecular weight is 201 g/mol. The summed E-state index contributed by atoms with van der Waals surface area (Å²) in [7, 11) is 1.73. The molecule has 1 rings (SSSR count). The number of hydrogen-bond donors (Lipinski definition) is 1.